The normalized spacial score (nSPS) is 17.9. The monoisotopic (exact) mass is 363 g/mol. The topological polar surface area (TPSA) is 55.2 Å². The molecule has 6 nitrogen and oxygen atoms in total. The first-order valence-electron chi connectivity index (χ1n) is 9.35. The Hall–Kier alpha value is -2.54. The lowest BCUT2D eigenvalue weighted by atomic mass is 10.1. The van der Waals surface area contributed by atoms with Gasteiger partial charge in [0.1, 0.15) is 0 Å². The van der Waals surface area contributed by atoms with Crippen LogP contribution in [0.2, 0.25) is 0 Å². The predicted molar refractivity (Wildman–Crippen MR) is 106 cm³/mol. The van der Waals surface area contributed by atoms with E-state index in [1.165, 1.54) is 0 Å². The molecule has 0 amide bonds. The largest absolute Gasteiger partial charge is 0.374 e. The predicted octanol–water partition coefficient (Wildman–Crippen LogP) is 2.35. The minimum atomic E-state index is 0.231. The Balaban J connectivity index is 1.52. The van der Waals surface area contributed by atoms with Crippen molar-refractivity contribution in [2.75, 3.05) is 33.3 Å². The number of benzene rings is 1. The molecule has 0 bridgehead atoms. The first-order valence-corrected chi connectivity index (χ1v) is 9.35. The second-order valence-corrected chi connectivity index (χ2v) is 6.91. The summed E-state index contributed by atoms with van der Waals surface area (Å²) in [6, 6.07) is 14.2. The fourth-order valence-electron chi connectivity index (χ4n) is 3.36. The number of morpholine rings is 1. The molecule has 0 unspecified atom stereocenters. The standard InChI is InChI=1S/C21H25N5O/c1-25-10-11-27-20(16-25)14-23-13-18-15-26(19-7-3-2-4-8-19)24-21(18)17-6-5-9-22-12-17/h2-9,12,15,20,23H,10-11,13-14,16H2,1H3/t20-/m0/s1. The van der Waals surface area contributed by atoms with Gasteiger partial charge in [0, 0.05) is 55.9 Å². The van der Waals surface area contributed by atoms with Gasteiger partial charge in [0.05, 0.1) is 24.1 Å². The molecule has 1 saturated heterocycles. The van der Waals surface area contributed by atoms with Crippen molar-refractivity contribution in [2.45, 2.75) is 12.6 Å². The van der Waals surface area contributed by atoms with Crippen LogP contribution in [0.1, 0.15) is 5.56 Å². The minimum Gasteiger partial charge on any atom is -0.374 e. The molecule has 6 heteroatoms. The number of aromatic nitrogens is 3. The van der Waals surface area contributed by atoms with Crippen LogP contribution in [0.3, 0.4) is 0 Å². The Morgan fingerprint density at radius 3 is 2.85 bits per heavy atom. The van der Waals surface area contributed by atoms with Crippen molar-refractivity contribution in [3.05, 3.63) is 66.6 Å². The van der Waals surface area contributed by atoms with E-state index in [-0.39, 0.29) is 6.10 Å². The van der Waals surface area contributed by atoms with E-state index in [1.54, 1.807) is 6.20 Å². The SMILES string of the molecule is CN1CCO[C@@H](CNCc2cn(-c3ccccc3)nc2-c2cccnc2)C1. The van der Waals surface area contributed by atoms with Crippen molar-refractivity contribution in [3.8, 4) is 16.9 Å². The van der Waals surface area contributed by atoms with Crippen molar-refractivity contribution in [1.29, 1.82) is 0 Å². The smallest absolute Gasteiger partial charge is 0.0988 e. The van der Waals surface area contributed by atoms with Crippen LogP contribution in [0, 0.1) is 0 Å². The molecule has 1 N–H and O–H groups in total. The zero-order valence-electron chi connectivity index (χ0n) is 15.6. The van der Waals surface area contributed by atoms with Crippen LogP contribution in [-0.2, 0) is 11.3 Å². The fourth-order valence-corrected chi connectivity index (χ4v) is 3.36. The highest BCUT2D eigenvalue weighted by Crippen LogP contribution is 2.23. The number of para-hydroxylation sites is 1. The third-order valence-corrected chi connectivity index (χ3v) is 4.78. The van der Waals surface area contributed by atoms with Crippen molar-refractivity contribution in [2.24, 2.45) is 0 Å². The third kappa shape index (κ3) is 4.42. The van der Waals surface area contributed by atoms with Crippen LogP contribution in [0.15, 0.2) is 61.1 Å². The van der Waals surface area contributed by atoms with Gasteiger partial charge in [0.15, 0.2) is 0 Å². The van der Waals surface area contributed by atoms with Crippen LogP contribution in [0.25, 0.3) is 16.9 Å². The molecule has 4 rings (SSSR count). The molecule has 0 aliphatic carbocycles. The Labute approximate surface area is 159 Å². The first-order chi connectivity index (χ1) is 13.3. The molecule has 1 aromatic carbocycles. The number of rotatable bonds is 6. The molecular formula is C21H25N5O. The van der Waals surface area contributed by atoms with E-state index in [4.69, 9.17) is 9.84 Å². The summed E-state index contributed by atoms with van der Waals surface area (Å²) in [7, 11) is 2.14. The summed E-state index contributed by atoms with van der Waals surface area (Å²) in [6.07, 6.45) is 5.97. The summed E-state index contributed by atoms with van der Waals surface area (Å²) in [5, 5.41) is 8.37. The number of nitrogens with zero attached hydrogens (tertiary/aromatic N) is 4. The lowest BCUT2D eigenvalue weighted by Gasteiger charge is -2.30. The maximum absolute atomic E-state index is 5.84. The van der Waals surface area contributed by atoms with E-state index in [1.807, 2.05) is 41.2 Å². The summed E-state index contributed by atoms with van der Waals surface area (Å²) in [6.45, 7) is 4.33. The van der Waals surface area contributed by atoms with Gasteiger partial charge in [0.2, 0.25) is 0 Å². The number of ether oxygens (including phenoxy) is 1. The Kier molecular flexibility index (Phi) is 5.58. The van der Waals surface area contributed by atoms with Gasteiger partial charge in [-0.15, -0.1) is 0 Å². The Bertz CT molecular complexity index is 850. The zero-order chi connectivity index (χ0) is 18.5. The average Bonchev–Trinajstić information content (AvgIpc) is 3.14. The van der Waals surface area contributed by atoms with Crippen LogP contribution < -0.4 is 5.32 Å². The number of nitrogens with one attached hydrogen (secondary N) is 1. The molecular weight excluding hydrogens is 338 g/mol. The first kappa shape index (κ1) is 17.9. The molecule has 0 radical (unpaired) electrons. The zero-order valence-corrected chi connectivity index (χ0v) is 15.6. The summed E-state index contributed by atoms with van der Waals surface area (Å²) in [5.41, 5.74) is 4.18. The fraction of sp³-hybridized carbons (Fsp3) is 0.333. The van der Waals surface area contributed by atoms with Gasteiger partial charge in [-0.05, 0) is 31.3 Å². The van der Waals surface area contributed by atoms with Gasteiger partial charge in [-0.1, -0.05) is 18.2 Å². The van der Waals surface area contributed by atoms with Crippen molar-refractivity contribution < 1.29 is 4.74 Å². The van der Waals surface area contributed by atoms with E-state index in [0.717, 1.165) is 55.3 Å². The summed E-state index contributed by atoms with van der Waals surface area (Å²) in [4.78, 5) is 6.56. The van der Waals surface area contributed by atoms with Gasteiger partial charge in [-0.25, -0.2) is 4.68 Å². The maximum atomic E-state index is 5.84. The third-order valence-electron chi connectivity index (χ3n) is 4.78. The highest BCUT2D eigenvalue weighted by Gasteiger charge is 2.18. The molecule has 2 aromatic heterocycles. The van der Waals surface area contributed by atoms with Gasteiger partial charge in [0.25, 0.3) is 0 Å². The summed E-state index contributed by atoms with van der Waals surface area (Å²) >= 11 is 0. The molecule has 3 heterocycles. The van der Waals surface area contributed by atoms with Crippen molar-refractivity contribution in [3.63, 3.8) is 0 Å². The minimum absolute atomic E-state index is 0.231. The second kappa shape index (κ2) is 8.43. The molecule has 1 atom stereocenters. The van der Waals surface area contributed by atoms with E-state index in [0.29, 0.717) is 0 Å². The molecule has 1 fully saturated rings. The second-order valence-electron chi connectivity index (χ2n) is 6.91. The Morgan fingerprint density at radius 1 is 1.19 bits per heavy atom. The quantitative estimate of drug-likeness (QED) is 0.729. The van der Waals surface area contributed by atoms with Crippen LogP contribution >= 0.6 is 0 Å². The summed E-state index contributed by atoms with van der Waals surface area (Å²) in [5.74, 6) is 0. The van der Waals surface area contributed by atoms with E-state index >= 15 is 0 Å². The lowest BCUT2D eigenvalue weighted by molar-refractivity contribution is -0.0182. The molecule has 0 spiro atoms. The van der Waals surface area contributed by atoms with E-state index in [2.05, 4.69) is 40.6 Å². The van der Waals surface area contributed by atoms with Gasteiger partial charge in [-0.3, -0.25) is 4.98 Å². The molecule has 3 aromatic rings. The molecule has 0 saturated carbocycles. The van der Waals surface area contributed by atoms with E-state index in [9.17, 15) is 0 Å². The van der Waals surface area contributed by atoms with Gasteiger partial charge < -0.3 is 15.0 Å². The molecule has 1 aliphatic heterocycles. The van der Waals surface area contributed by atoms with Gasteiger partial charge >= 0.3 is 0 Å². The van der Waals surface area contributed by atoms with Crippen molar-refractivity contribution >= 4 is 0 Å². The number of likely N-dealkylation sites (N-methyl/N-ethyl adjacent to an activating group) is 1. The Morgan fingerprint density at radius 2 is 2.07 bits per heavy atom. The number of pyridine rings is 1. The van der Waals surface area contributed by atoms with Gasteiger partial charge in [-0.2, -0.15) is 5.10 Å². The highest BCUT2D eigenvalue weighted by molar-refractivity contribution is 5.62. The number of hydrogen-bond donors (Lipinski definition) is 1. The van der Waals surface area contributed by atoms with Crippen LogP contribution in [0.4, 0.5) is 0 Å². The van der Waals surface area contributed by atoms with E-state index < -0.39 is 0 Å². The molecule has 140 valence electrons. The molecule has 1 aliphatic rings. The average molecular weight is 363 g/mol. The molecule has 27 heavy (non-hydrogen) atoms. The highest BCUT2D eigenvalue weighted by atomic mass is 16.5. The summed E-state index contributed by atoms with van der Waals surface area (Å²) < 4.78 is 7.78. The van der Waals surface area contributed by atoms with Crippen LogP contribution in [-0.4, -0.2) is 59.1 Å². The van der Waals surface area contributed by atoms with Crippen molar-refractivity contribution in [1.82, 2.24) is 25.0 Å². The van der Waals surface area contributed by atoms with Crippen LogP contribution in [0.5, 0.6) is 0 Å². The lowest BCUT2D eigenvalue weighted by Crippen LogP contribution is -2.44. The maximum Gasteiger partial charge on any atom is 0.0988 e. The number of hydrogen-bond acceptors (Lipinski definition) is 5.